The van der Waals surface area contributed by atoms with Gasteiger partial charge in [0.2, 0.25) is 7.98 Å². The molecule has 0 unspecified atom stereocenters. The molecule has 2 radical (unpaired) electrons. The van der Waals surface area contributed by atoms with Crippen molar-refractivity contribution in [1.82, 2.24) is 4.48 Å². The van der Waals surface area contributed by atoms with Crippen molar-refractivity contribution in [1.29, 1.82) is 0 Å². The average Bonchev–Trinajstić information content (AvgIpc) is 3.24. The van der Waals surface area contributed by atoms with E-state index < -0.39 is 0 Å². The van der Waals surface area contributed by atoms with Crippen LogP contribution < -0.4 is 10.5 Å². The molecule has 0 spiro atoms. The van der Waals surface area contributed by atoms with Crippen molar-refractivity contribution >= 4 is 25.3 Å². The minimum Gasteiger partial charge on any atom is -0.507 e. The lowest BCUT2D eigenvalue weighted by molar-refractivity contribution is 0.407. The van der Waals surface area contributed by atoms with E-state index in [4.69, 9.17) is 23.4 Å². The summed E-state index contributed by atoms with van der Waals surface area (Å²) in [6.45, 7) is 2.53. The van der Waals surface area contributed by atoms with E-state index in [1.165, 1.54) is 0 Å². The molecule has 0 saturated carbocycles. The number of benzene rings is 1. The number of nitrogens with zero attached hydrogens (tertiary/aromatic N) is 2. The van der Waals surface area contributed by atoms with Crippen LogP contribution in [0.3, 0.4) is 0 Å². The maximum atomic E-state index is 10.1. The third-order valence-electron chi connectivity index (χ3n) is 4.42. The number of phenolic OH excluding ortho intramolecular Hbond substituents is 1. The Bertz CT molecular complexity index is 968. The van der Waals surface area contributed by atoms with Gasteiger partial charge in [0.1, 0.15) is 11.5 Å². The second kappa shape index (κ2) is 8.14. The van der Waals surface area contributed by atoms with Crippen LogP contribution in [0.4, 0.5) is 0 Å². The van der Waals surface area contributed by atoms with Gasteiger partial charge < -0.3 is 20.1 Å². The van der Waals surface area contributed by atoms with Gasteiger partial charge in [-0.05, 0) is 74.2 Å². The molecule has 0 bridgehead atoms. The van der Waals surface area contributed by atoms with E-state index in [0.29, 0.717) is 24.3 Å². The third kappa shape index (κ3) is 4.06. The number of rotatable bonds is 6. The summed E-state index contributed by atoms with van der Waals surface area (Å²) in [5, 5.41) is 10.1. The van der Waals surface area contributed by atoms with Crippen LogP contribution in [0, 0.1) is 0 Å². The zero-order valence-electron chi connectivity index (χ0n) is 15.5. The van der Waals surface area contributed by atoms with E-state index in [2.05, 4.69) is 0 Å². The molecule has 3 rings (SSSR count). The molecule has 136 valence electrons. The van der Waals surface area contributed by atoms with Crippen molar-refractivity contribution < 1.29 is 9.84 Å². The Morgan fingerprint density at radius 1 is 1.33 bits per heavy atom. The summed E-state index contributed by atoms with van der Waals surface area (Å²) in [7, 11) is 7.58. The summed E-state index contributed by atoms with van der Waals surface area (Å²) in [4.78, 5) is 4.75. The van der Waals surface area contributed by atoms with Gasteiger partial charge in [-0.25, -0.2) is 4.99 Å². The lowest BCUT2D eigenvalue weighted by Gasteiger charge is -2.11. The van der Waals surface area contributed by atoms with Crippen molar-refractivity contribution in [2.75, 3.05) is 13.7 Å². The minimum absolute atomic E-state index is 0.158. The fourth-order valence-corrected chi connectivity index (χ4v) is 3.06. The zero-order valence-corrected chi connectivity index (χ0v) is 15.5. The van der Waals surface area contributed by atoms with Crippen LogP contribution in [0.2, 0.25) is 0 Å². The van der Waals surface area contributed by atoms with Gasteiger partial charge in [-0.2, -0.15) is 0 Å². The summed E-state index contributed by atoms with van der Waals surface area (Å²) >= 11 is 0. The second-order valence-electron chi connectivity index (χ2n) is 6.29. The topological polar surface area (TPSA) is 72.8 Å². The van der Waals surface area contributed by atoms with Gasteiger partial charge in [-0.3, -0.25) is 0 Å². The molecule has 1 aromatic heterocycles. The molecule has 6 heteroatoms. The zero-order chi connectivity index (χ0) is 19.4. The second-order valence-corrected chi connectivity index (χ2v) is 6.29. The molecular formula is C21H22BN3O2. The Labute approximate surface area is 160 Å². The van der Waals surface area contributed by atoms with Crippen LogP contribution >= 0.6 is 0 Å². The standard InChI is InChI=1S/C21H22BN3O2/c1-14-12-16(7-5-15-6-8-17(27-2)13-20(15)26)24-21(14)18(9-10-23)19-4-3-11-25(19)22/h3-8,11-13,26H,9-10,23H2,1-2H3. The van der Waals surface area contributed by atoms with Gasteiger partial charge in [0.05, 0.1) is 18.5 Å². The summed E-state index contributed by atoms with van der Waals surface area (Å²) in [5.41, 5.74) is 11.2. The lowest BCUT2D eigenvalue weighted by atomic mass is 10.0. The summed E-state index contributed by atoms with van der Waals surface area (Å²) in [6.07, 6.45) is 8.19. The number of ether oxygens (including phenoxy) is 1. The van der Waals surface area contributed by atoms with E-state index in [1.54, 1.807) is 36.0 Å². The first kappa shape index (κ1) is 18.8. The van der Waals surface area contributed by atoms with Gasteiger partial charge in [0, 0.05) is 22.9 Å². The average molecular weight is 359 g/mol. The van der Waals surface area contributed by atoms with Crippen molar-refractivity contribution in [3.05, 3.63) is 71.2 Å². The number of allylic oxidation sites excluding steroid dienone is 3. The quantitative estimate of drug-likeness (QED) is 0.778. The Hall–Kier alpha value is -2.99. The molecule has 0 amide bonds. The number of methoxy groups -OCH3 is 1. The Kier molecular flexibility index (Phi) is 5.67. The van der Waals surface area contributed by atoms with Crippen LogP contribution in [0.1, 0.15) is 24.6 Å². The molecule has 5 nitrogen and oxygen atoms in total. The van der Waals surface area contributed by atoms with Gasteiger partial charge >= 0.3 is 0 Å². The van der Waals surface area contributed by atoms with E-state index in [-0.39, 0.29) is 5.75 Å². The predicted molar refractivity (Wildman–Crippen MR) is 111 cm³/mol. The Balaban J connectivity index is 1.93. The Morgan fingerprint density at radius 3 is 2.78 bits per heavy atom. The number of phenols is 1. The number of nitrogens with two attached hydrogens (primary N) is 1. The molecule has 27 heavy (non-hydrogen) atoms. The highest BCUT2D eigenvalue weighted by molar-refractivity contribution is 6.11. The summed E-state index contributed by atoms with van der Waals surface area (Å²) < 4.78 is 6.69. The van der Waals surface area contributed by atoms with Crippen LogP contribution in [-0.4, -0.2) is 36.9 Å². The first-order valence-electron chi connectivity index (χ1n) is 8.72. The largest absolute Gasteiger partial charge is 0.507 e. The molecule has 3 N–H and O–H groups in total. The van der Waals surface area contributed by atoms with E-state index in [1.807, 2.05) is 37.3 Å². The smallest absolute Gasteiger partial charge is 0.234 e. The molecule has 0 aliphatic carbocycles. The SMILES string of the molecule is [B]n1cccc1C(CCN)=C1N=C(C=Cc2ccc(OC)cc2O)C=C1C. The van der Waals surface area contributed by atoms with Crippen molar-refractivity contribution in [3.63, 3.8) is 0 Å². The molecule has 0 fully saturated rings. The normalized spacial score (nSPS) is 15.8. The van der Waals surface area contributed by atoms with Gasteiger partial charge in [0.25, 0.3) is 0 Å². The highest BCUT2D eigenvalue weighted by Crippen LogP contribution is 2.31. The third-order valence-corrected chi connectivity index (χ3v) is 4.42. The maximum absolute atomic E-state index is 10.1. The summed E-state index contributed by atoms with van der Waals surface area (Å²) in [6, 6.07) is 9.05. The Morgan fingerprint density at radius 2 is 2.15 bits per heavy atom. The predicted octanol–water partition coefficient (Wildman–Crippen LogP) is 3.31. The first-order valence-corrected chi connectivity index (χ1v) is 8.72. The van der Waals surface area contributed by atoms with Crippen molar-refractivity contribution in [3.8, 4) is 11.5 Å². The van der Waals surface area contributed by atoms with Gasteiger partial charge in [0.15, 0.2) is 0 Å². The lowest BCUT2D eigenvalue weighted by Crippen LogP contribution is -2.05. The molecule has 2 aromatic rings. The maximum Gasteiger partial charge on any atom is 0.234 e. The number of aromatic nitrogens is 1. The van der Waals surface area contributed by atoms with Crippen LogP contribution in [0.5, 0.6) is 11.5 Å². The minimum atomic E-state index is 0.158. The monoisotopic (exact) mass is 359 g/mol. The van der Waals surface area contributed by atoms with E-state index >= 15 is 0 Å². The molecule has 1 aliphatic heterocycles. The van der Waals surface area contributed by atoms with Crippen LogP contribution in [0.15, 0.2) is 64.9 Å². The highest BCUT2D eigenvalue weighted by Gasteiger charge is 2.17. The fourth-order valence-electron chi connectivity index (χ4n) is 3.06. The molecule has 1 aliphatic rings. The number of aliphatic imine (C=N–C) groups is 1. The number of aromatic hydroxyl groups is 1. The molecule has 1 aromatic carbocycles. The van der Waals surface area contributed by atoms with Crippen LogP contribution in [-0.2, 0) is 0 Å². The van der Waals surface area contributed by atoms with Crippen LogP contribution in [0.25, 0.3) is 11.6 Å². The summed E-state index contributed by atoms with van der Waals surface area (Å²) in [5.74, 6) is 0.769. The van der Waals surface area contributed by atoms with Gasteiger partial charge in [-0.15, -0.1) is 0 Å². The molecule has 2 heterocycles. The first-order chi connectivity index (χ1) is 13.0. The fraction of sp³-hybridized carbons (Fsp3) is 0.190. The number of hydrogen-bond acceptors (Lipinski definition) is 4. The molecule has 0 atom stereocenters. The highest BCUT2D eigenvalue weighted by atomic mass is 16.5. The molecular weight excluding hydrogens is 337 g/mol. The molecule has 0 saturated heterocycles. The van der Waals surface area contributed by atoms with E-state index in [9.17, 15) is 5.11 Å². The van der Waals surface area contributed by atoms with E-state index in [0.717, 1.165) is 28.2 Å². The van der Waals surface area contributed by atoms with Gasteiger partial charge in [-0.1, -0.05) is 0 Å². The number of hydrogen-bond donors (Lipinski definition) is 2. The van der Waals surface area contributed by atoms with Crippen molar-refractivity contribution in [2.45, 2.75) is 13.3 Å². The van der Waals surface area contributed by atoms with Crippen molar-refractivity contribution in [2.24, 2.45) is 10.7 Å².